The first-order valence-corrected chi connectivity index (χ1v) is 16.3. The minimum Gasteiger partial charge on any atom is -0.456 e. The average molecular weight is 613 g/mol. The zero-order valence-corrected chi connectivity index (χ0v) is 26.0. The molecule has 0 fully saturated rings. The predicted octanol–water partition coefficient (Wildman–Crippen LogP) is 13.3. The lowest BCUT2D eigenvalue weighted by Gasteiger charge is -2.18. The number of hydrogen-bond donors (Lipinski definition) is 0. The molecule has 0 aliphatic rings. The van der Waals surface area contributed by atoms with Gasteiger partial charge in [-0.15, -0.1) is 0 Å². The molecule has 10 aromatic rings. The monoisotopic (exact) mass is 612 g/mol. The Kier molecular flexibility index (Phi) is 5.91. The van der Waals surface area contributed by atoms with E-state index in [1.165, 1.54) is 21.9 Å². The number of fused-ring (bicyclic) bond motifs is 7. The van der Waals surface area contributed by atoms with Gasteiger partial charge < -0.3 is 9.15 Å². The van der Waals surface area contributed by atoms with Gasteiger partial charge in [-0.1, -0.05) is 133 Å². The summed E-state index contributed by atoms with van der Waals surface area (Å²) in [5.74, 6) is 1.72. The van der Waals surface area contributed by atoms with Gasteiger partial charge in [0.25, 0.3) is 0 Å². The third-order valence-electron chi connectivity index (χ3n) is 9.69. The summed E-state index contributed by atoms with van der Waals surface area (Å²) in [6, 6.07) is 60.0. The van der Waals surface area contributed by atoms with Gasteiger partial charge in [0.1, 0.15) is 22.7 Å². The van der Waals surface area contributed by atoms with Gasteiger partial charge in [0.2, 0.25) is 0 Å². The van der Waals surface area contributed by atoms with Gasteiger partial charge in [-0.3, -0.25) is 0 Å². The van der Waals surface area contributed by atoms with Crippen LogP contribution in [-0.4, -0.2) is 0 Å². The van der Waals surface area contributed by atoms with Crippen LogP contribution < -0.4 is 4.74 Å². The van der Waals surface area contributed by atoms with Crippen LogP contribution in [0.2, 0.25) is 0 Å². The fourth-order valence-corrected chi connectivity index (χ4v) is 7.39. The topological polar surface area (TPSA) is 22.4 Å². The lowest BCUT2D eigenvalue weighted by atomic mass is 9.91. The fourth-order valence-electron chi connectivity index (χ4n) is 7.39. The summed E-state index contributed by atoms with van der Waals surface area (Å²) in [5.41, 5.74) is 6.38. The highest BCUT2D eigenvalue weighted by Gasteiger charge is 2.19. The van der Waals surface area contributed by atoms with Crippen molar-refractivity contribution in [2.24, 2.45) is 0 Å². The normalized spacial score (nSPS) is 11.8. The van der Waals surface area contributed by atoms with E-state index in [0.29, 0.717) is 0 Å². The van der Waals surface area contributed by atoms with Crippen molar-refractivity contribution in [3.05, 3.63) is 170 Å². The average Bonchev–Trinajstić information content (AvgIpc) is 3.52. The molecule has 0 aliphatic carbocycles. The van der Waals surface area contributed by atoms with E-state index in [0.717, 1.165) is 76.9 Å². The Morgan fingerprint density at radius 1 is 0.333 bits per heavy atom. The fraction of sp³-hybridized carbons (Fsp3) is 0. The van der Waals surface area contributed by atoms with Crippen LogP contribution in [0.1, 0.15) is 0 Å². The maximum Gasteiger partial charge on any atom is 0.143 e. The molecule has 0 N–H and O–H groups in total. The number of furan rings is 1. The maximum absolute atomic E-state index is 6.87. The van der Waals surface area contributed by atoms with Crippen molar-refractivity contribution in [3.8, 4) is 33.8 Å². The first-order chi connectivity index (χ1) is 23.8. The zero-order chi connectivity index (χ0) is 31.6. The molecule has 0 amide bonds. The molecule has 0 saturated carbocycles. The van der Waals surface area contributed by atoms with E-state index in [9.17, 15) is 0 Å². The van der Waals surface area contributed by atoms with Crippen molar-refractivity contribution < 1.29 is 9.15 Å². The lowest BCUT2D eigenvalue weighted by molar-refractivity contribution is 0.499. The van der Waals surface area contributed by atoms with E-state index in [1.807, 2.05) is 0 Å². The van der Waals surface area contributed by atoms with Crippen molar-refractivity contribution in [3.63, 3.8) is 0 Å². The SMILES string of the molecule is c1ccc2cc(-c3ccc4c(c3)oc3cc(-c5c6ccccc6c(Oc6cccc7ccccc67)c6ccccc56)ccc34)ccc2c1. The van der Waals surface area contributed by atoms with E-state index in [4.69, 9.17) is 9.15 Å². The summed E-state index contributed by atoms with van der Waals surface area (Å²) in [6.07, 6.45) is 0. The van der Waals surface area contributed by atoms with E-state index in [2.05, 4.69) is 170 Å². The van der Waals surface area contributed by atoms with Crippen molar-refractivity contribution in [1.82, 2.24) is 0 Å². The molecule has 0 bridgehead atoms. The Bertz CT molecular complexity index is 2810. The minimum absolute atomic E-state index is 0.850. The summed E-state index contributed by atoms with van der Waals surface area (Å²) in [7, 11) is 0. The van der Waals surface area contributed by atoms with Crippen LogP contribution in [0, 0.1) is 0 Å². The molecule has 0 radical (unpaired) electrons. The van der Waals surface area contributed by atoms with Crippen LogP contribution in [0.5, 0.6) is 11.5 Å². The van der Waals surface area contributed by atoms with Gasteiger partial charge in [0.15, 0.2) is 0 Å². The molecule has 224 valence electrons. The highest BCUT2D eigenvalue weighted by Crippen LogP contribution is 2.46. The number of ether oxygens (including phenoxy) is 1. The highest BCUT2D eigenvalue weighted by molar-refractivity contribution is 6.18. The van der Waals surface area contributed by atoms with E-state index < -0.39 is 0 Å². The molecule has 0 atom stereocenters. The van der Waals surface area contributed by atoms with Crippen molar-refractivity contribution in [2.75, 3.05) is 0 Å². The summed E-state index contributed by atoms with van der Waals surface area (Å²) in [6.45, 7) is 0. The second-order valence-electron chi connectivity index (χ2n) is 12.5. The largest absolute Gasteiger partial charge is 0.456 e. The van der Waals surface area contributed by atoms with Gasteiger partial charge in [-0.25, -0.2) is 0 Å². The Morgan fingerprint density at radius 3 is 1.58 bits per heavy atom. The van der Waals surface area contributed by atoms with Crippen LogP contribution in [-0.2, 0) is 0 Å². The third-order valence-corrected chi connectivity index (χ3v) is 9.69. The molecule has 9 aromatic carbocycles. The van der Waals surface area contributed by atoms with Crippen LogP contribution in [0.3, 0.4) is 0 Å². The van der Waals surface area contributed by atoms with Gasteiger partial charge in [-0.2, -0.15) is 0 Å². The van der Waals surface area contributed by atoms with Crippen molar-refractivity contribution in [2.45, 2.75) is 0 Å². The van der Waals surface area contributed by atoms with Gasteiger partial charge in [0.05, 0.1) is 0 Å². The summed E-state index contributed by atoms with van der Waals surface area (Å²) >= 11 is 0. The smallest absolute Gasteiger partial charge is 0.143 e. The molecule has 48 heavy (non-hydrogen) atoms. The second kappa shape index (κ2) is 10.6. The molecular formula is C46H28O2. The maximum atomic E-state index is 6.87. The molecule has 2 heteroatoms. The molecule has 0 spiro atoms. The first kappa shape index (κ1) is 26.8. The van der Waals surface area contributed by atoms with E-state index >= 15 is 0 Å². The van der Waals surface area contributed by atoms with E-state index in [-0.39, 0.29) is 0 Å². The summed E-state index contributed by atoms with van der Waals surface area (Å²) in [4.78, 5) is 0. The number of hydrogen-bond acceptors (Lipinski definition) is 2. The molecule has 0 aliphatic heterocycles. The molecular weight excluding hydrogens is 585 g/mol. The van der Waals surface area contributed by atoms with Gasteiger partial charge in [0, 0.05) is 26.9 Å². The van der Waals surface area contributed by atoms with Gasteiger partial charge >= 0.3 is 0 Å². The first-order valence-electron chi connectivity index (χ1n) is 16.3. The molecule has 10 rings (SSSR count). The Morgan fingerprint density at radius 2 is 0.854 bits per heavy atom. The third kappa shape index (κ3) is 4.20. The molecule has 2 nitrogen and oxygen atoms in total. The van der Waals surface area contributed by atoms with E-state index in [1.54, 1.807) is 0 Å². The quantitative estimate of drug-likeness (QED) is 0.185. The van der Waals surface area contributed by atoms with Crippen LogP contribution in [0.4, 0.5) is 0 Å². The van der Waals surface area contributed by atoms with Crippen LogP contribution in [0.15, 0.2) is 174 Å². The standard InChI is InChI=1S/C46H28O2/c1-2-12-31-26-32(21-20-29(31)10-1)33-22-24-36-37-25-23-34(28-44(37)47-43(36)27-33)45-38-15-5-7-17-40(38)46(41-18-8-6-16-39(41)45)48-42-19-9-13-30-11-3-4-14-35(30)42/h1-28H. The van der Waals surface area contributed by atoms with Crippen molar-refractivity contribution in [1.29, 1.82) is 0 Å². The lowest BCUT2D eigenvalue weighted by Crippen LogP contribution is -1.92. The summed E-state index contributed by atoms with van der Waals surface area (Å²) < 4.78 is 13.5. The molecule has 0 saturated heterocycles. The Hall–Kier alpha value is -6.38. The Labute approximate surface area is 277 Å². The highest BCUT2D eigenvalue weighted by atomic mass is 16.5. The second-order valence-corrected chi connectivity index (χ2v) is 12.5. The minimum atomic E-state index is 0.850. The van der Waals surface area contributed by atoms with Crippen LogP contribution in [0.25, 0.3) is 87.3 Å². The Balaban J connectivity index is 1.14. The van der Waals surface area contributed by atoms with Crippen LogP contribution >= 0.6 is 0 Å². The van der Waals surface area contributed by atoms with Crippen molar-refractivity contribution >= 4 is 65.0 Å². The summed E-state index contributed by atoms with van der Waals surface area (Å²) in [5, 5.41) is 11.4. The molecule has 1 heterocycles. The number of rotatable bonds is 4. The molecule has 1 aromatic heterocycles. The van der Waals surface area contributed by atoms with Gasteiger partial charge in [-0.05, 0) is 85.6 Å². The zero-order valence-electron chi connectivity index (χ0n) is 26.0. The predicted molar refractivity (Wildman–Crippen MR) is 201 cm³/mol. The number of benzene rings is 9. The molecule has 0 unspecified atom stereocenters.